The summed E-state index contributed by atoms with van der Waals surface area (Å²) in [6, 6.07) is 6.66. The van der Waals surface area contributed by atoms with Gasteiger partial charge in [-0.2, -0.15) is 23.3 Å². The molecule has 0 atom stereocenters. The zero-order chi connectivity index (χ0) is 15.7. The quantitative estimate of drug-likeness (QED) is 0.779. The fraction of sp³-hybridized carbons (Fsp3) is 0.154. The molecule has 0 aliphatic carbocycles. The lowest BCUT2D eigenvalue weighted by Gasteiger charge is -2.00. The highest BCUT2D eigenvalue weighted by molar-refractivity contribution is 5.93. The second-order valence-electron chi connectivity index (χ2n) is 4.48. The summed E-state index contributed by atoms with van der Waals surface area (Å²) < 4.78 is 41.7. The van der Waals surface area contributed by atoms with E-state index in [4.69, 9.17) is 0 Å². The molecule has 0 fully saturated rings. The van der Waals surface area contributed by atoms with Crippen molar-refractivity contribution in [2.75, 3.05) is 5.32 Å². The number of fused-ring (bicyclic) bond motifs is 1. The van der Waals surface area contributed by atoms with Gasteiger partial charge in [0.15, 0.2) is 5.69 Å². The molecular weight excluding hydrogens is 301 g/mol. The molecule has 114 valence electrons. The van der Waals surface area contributed by atoms with Crippen LogP contribution in [0.15, 0.2) is 34.9 Å². The van der Waals surface area contributed by atoms with Crippen LogP contribution in [0.1, 0.15) is 11.4 Å². The minimum atomic E-state index is -4.62. The van der Waals surface area contributed by atoms with Crippen LogP contribution in [0.2, 0.25) is 0 Å². The first-order valence-electron chi connectivity index (χ1n) is 6.18. The van der Waals surface area contributed by atoms with Gasteiger partial charge in [0, 0.05) is 5.39 Å². The number of anilines is 1. The summed E-state index contributed by atoms with van der Waals surface area (Å²) in [7, 11) is 0. The van der Waals surface area contributed by atoms with Crippen LogP contribution >= 0.6 is 0 Å². The first-order valence-corrected chi connectivity index (χ1v) is 6.18. The number of nitrogens with one attached hydrogen (secondary N) is 2. The van der Waals surface area contributed by atoms with E-state index >= 15 is 0 Å². The number of oxazole rings is 1. The molecule has 2 N–H and O–H groups in total. The first kappa shape index (κ1) is 14.1. The normalized spacial score (nSPS) is 11.8. The largest absolute Gasteiger partial charge is 0.436 e. The number of amides is 1. The van der Waals surface area contributed by atoms with Crippen molar-refractivity contribution in [2.24, 2.45) is 0 Å². The number of aromatic nitrogens is 3. The topological polar surface area (TPSA) is 83.8 Å². The Morgan fingerprint density at radius 1 is 1.32 bits per heavy atom. The van der Waals surface area contributed by atoms with Gasteiger partial charge in [0.25, 0.3) is 0 Å². The Kier molecular flexibility index (Phi) is 3.32. The minimum absolute atomic E-state index is 0.0930. The molecule has 1 aromatic carbocycles. The minimum Gasteiger partial charge on any atom is -0.431 e. The predicted molar refractivity (Wildman–Crippen MR) is 69.9 cm³/mol. The van der Waals surface area contributed by atoms with E-state index in [1.165, 1.54) is 0 Å². The van der Waals surface area contributed by atoms with Gasteiger partial charge >= 0.3 is 12.2 Å². The maximum atomic E-state index is 12.4. The molecule has 9 heteroatoms. The third kappa shape index (κ3) is 2.78. The van der Waals surface area contributed by atoms with E-state index in [-0.39, 0.29) is 6.42 Å². The van der Waals surface area contributed by atoms with Crippen LogP contribution in [-0.4, -0.2) is 21.1 Å². The van der Waals surface area contributed by atoms with Crippen LogP contribution in [0, 0.1) is 0 Å². The Labute approximate surface area is 121 Å². The lowest BCUT2D eigenvalue weighted by atomic mass is 10.1. The van der Waals surface area contributed by atoms with Crippen molar-refractivity contribution in [1.29, 1.82) is 0 Å². The molecule has 0 radical (unpaired) electrons. The smallest absolute Gasteiger partial charge is 0.431 e. The molecule has 0 saturated heterocycles. The molecule has 0 bridgehead atoms. The molecule has 6 nitrogen and oxygen atoms in total. The van der Waals surface area contributed by atoms with Crippen molar-refractivity contribution in [3.63, 3.8) is 0 Å². The maximum Gasteiger partial charge on any atom is 0.436 e. The highest BCUT2D eigenvalue weighted by Crippen LogP contribution is 2.29. The Morgan fingerprint density at radius 2 is 2.09 bits per heavy atom. The van der Waals surface area contributed by atoms with Gasteiger partial charge in [-0.3, -0.25) is 15.2 Å². The zero-order valence-electron chi connectivity index (χ0n) is 10.9. The molecule has 0 saturated carbocycles. The molecule has 2 heterocycles. The number of H-pyrrole nitrogens is 1. The Balaban J connectivity index is 1.71. The number of hydrogen-bond acceptors (Lipinski definition) is 4. The number of hydrogen-bond donors (Lipinski definition) is 2. The number of aromatic amines is 1. The van der Waals surface area contributed by atoms with Crippen molar-refractivity contribution in [2.45, 2.75) is 12.6 Å². The second-order valence-corrected chi connectivity index (χ2v) is 4.48. The zero-order valence-corrected chi connectivity index (χ0v) is 10.9. The number of carbonyl (C=O) groups is 1. The van der Waals surface area contributed by atoms with Gasteiger partial charge in [-0.05, 0) is 6.07 Å². The summed E-state index contributed by atoms with van der Waals surface area (Å²) in [6.07, 6.45) is -4.27. The van der Waals surface area contributed by atoms with Gasteiger partial charge in [0.2, 0.25) is 5.91 Å². The van der Waals surface area contributed by atoms with E-state index in [2.05, 4.69) is 24.9 Å². The lowest BCUT2D eigenvalue weighted by Crippen LogP contribution is -2.15. The van der Waals surface area contributed by atoms with E-state index in [1.807, 2.05) is 0 Å². The highest BCUT2D eigenvalue weighted by Gasteiger charge is 2.35. The number of nitrogens with zero attached hydrogens (tertiary/aromatic N) is 2. The molecule has 0 aliphatic rings. The van der Waals surface area contributed by atoms with Crippen molar-refractivity contribution in [1.82, 2.24) is 15.2 Å². The van der Waals surface area contributed by atoms with Crippen molar-refractivity contribution >= 4 is 22.8 Å². The third-order valence-electron chi connectivity index (χ3n) is 2.92. The van der Waals surface area contributed by atoms with Crippen LogP contribution in [0.5, 0.6) is 0 Å². The Morgan fingerprint density at radius 3 is 2.82 bits per heavy atom. The van der Waals surface area contributed by atoms with E-state index in [9.17, 15) is 18.0 Å². The second kappa shape index (κ2) is 5.17. The van der Waals surface area contributed by atoms with Crippen LogP contribution < -0.4 is 5.32 Å². The van der Waals surface area contributed by atoms with Gasteiger partial charge in [0.1, 0.15) is 6.26 Å². The van der Waals surface area contributed by atoms with Gasteiger partial charge in [-0.15, -0.1) is 0 Å². The third-order valence-corrected chi connectivity index (χ3v) is 2.92. The molecule has 1 amide bonds. The van der Waals surface area contributed by atoms with Gasteiger partial charge < -0.3 is 4.42 Å². The van der Waals surface area contributed by atoms with Crippen LogP contribution in [0.25, 0.3) is 10.9 Å². The lowest BCUT2D eigenvalue weighted by molar-refractivity contribution is -0.141. The van der Waals surface area contributed by atoms with Crippen molar-refractivity contribution in [3.8, 4) is 0 Å². The van der Waals surface area contributed by atoms with Crippen molar-refractivity contribution < 1.29 is 22.4 Å². The summed E-state index contributed by atoms with van der Waals surface area (Å²) in [5.41, 5.74) is 0.0475. The molecule has 0 unspecified atom stereocenters. The maximum absolute atomic E-state index is 12.4. The predicted octanol–water partition coefficient (Wildman–Crippen LogP) is 2.75. The molecule has 3 rings (SSSR count). The number of rotatable bonds is 3. The van der Waals surface area contributed by atoms with E-state index < -0.39 is 23.8 Å². The van der Waals surface area contributed by atoms with E-state index in [1.54, 1.807) is 24.3 Å². The van der Waals surface area contributed by atoms with Gasteiger partial charge in [-0.1, -0.05) is 18.2 Å². The molecule has 22 heavy (non-hydrogen) atoms. The SMILES string of the molecule is O=C(Cc1[nH]nc2ccccc12)Nc1nc(C(F)(F)F)co1. The molecule has 3 aromatic rings. The van der Waals surface area contributed by atoms with Crippen LogP contribution in [0.3, 0.4) is 0 Å². The standard InChI is InChI=1S/C13H9F3N4O2/c14-13(15,16)10-6-22-12(17-10)18-11(21)5-9-7-3-1-2-4-8(7)19-20-9/h1-4,6H,5H2,(H,19,20)(H,17,18,21). The average molecular weight is 310 g/mol. The summed E-state index contributed by atoms with van der Waals surface area (Å²) in [4.78, 5) is 15.0. The van der Waals surface area contributed by atoms with Crippen molar-refractivity contribution in [3.05, 3.63) is 41.9 Å². The van der Waals surface area contributed by atoms with Crippen LogP contribution in [0.4, 0.5) is 19.2 Å². The number of carbonyl (C=O) groups excluding carboxylic acids is 1. The van der Waals surface area contributed by atoms with E-state index in [0.29, 0.717) is 17.5 Å². The average Bonchev–Trinajstić information content (AvgIpc) is 3.06. The Bertz CT molecular complexity index is 822. The highest BCUT2D eigenvalue weighted by atomic mass is 19.4. The summed E-state index contributed by atoms with van der Waals surface area (Å²) in [5.74, 6) is -0.565. The molecule has 2 aromatic heterocycles. The molecule has 0 spiro atoms. The summed E-state index contributed by atoms with van der Waals surface area (Å²) in [5, 5.41) is 9.68. The van der Waals surface area contributed by atoms with Gasteiger partial charge in [0.05, 0.1) is 17.6 Å². The fourth-order valence-corrected chi connectivity index (χ4v) is 1.93. The summed E-state index contributed by atoms with van der Waals surface area (Å²) >= 11 is 0. The monoisotopic (exact) mass is 310 g/mol. The molecular formula is C13H9F3N4O2. The summed E-state index contributed by atoms with van der Waals surface area (Å²) in [6.45, 7) is 0. The van der Waals surface area contributed by atoms with E-state index in [0.717, 1.165) is 5.39 Å². The first-order chi connectivity index (χ1) is 10.4. The number of benzene rings is 1. The fourth-order valence-electron chi connectivity index (χ4n) is 1.93. The number of para-hydroxylation sites is 1. The number of alkyl halides is 3. The molecule has 0 aliphatic heterocycles. The van der Waals surface area contributed by atoms with Gasteiger partial charge in [-0.25, -0.2) is 0 Å². The number of halogens is 3. The van der Waals surface area contributed by atoms with Crippen LogP contribution in [-0.2, 0) is 17.4 Å². The Hall–Kier alpha value is -2.84.